The molecule has 14 heavy (non-hydrogen) atoms. The Morgan fingerprint density at radius 3 is 2.43 bits per heavy atom. The van der Waals surface area contributed by atoms with Crippen LogP contribution in [0.5, 0.6) is 0 Å². The van der Waals surface area contributed by atoms with Crippen LogP contribution in [0.15, 0.2) is 0 Å². The van der Waals surface area contributed by atoms with Crippen LogP contribution in [-0.2, 0) is 23.8 Å². The fourth-order valence-corrected chi connectivity index (χ4v) is 0.833. The zero-order chi connectivity index (χ0) is 10.8. The van der Waals surface area contributed by atoms with Crippen LogP contribution in [0.3, 0.4) is 0 Å². The third-order valence-electron chi connectivity index (χ3n) is 1.28. The molecule has 0 aromatic rings. The van der Waals surface area contributed by atoms with Crippen LogP contribution in [0.25, 0.3) is 0 Å². The van der Waals surface area contributed by atoms with Gasteiger partial charge in [-0.3, -0.25) is 9.59 Å². The lowest BCUT2D eigenvalue weighted by Crippen LogP contribution is -2.13. The fourth-order valence-electron chi connectivity index (χ4n) is 0.613. The molecule has 0 rings (SSSR count). The first-order valence-corrected chi connectivity index (χ1v) is 5.59. The molecule has 0 fully saturated rings. The van der Waals surface area contributed by atoms with Crippen molar-refractivity contribution in [1.82, 2.24) is 0 Å². The van der Waals surface area contributed by atoms with Crippen LogP contribution in [0.2, 0.25) is 0 Å². The number of halogens is 1. The van der Waals surface area contributed by atoms with Gasteiger partial charge in [-0.1, -0.05) is 22.6 Å². The molecule has 82 valence electrons. The second-order valence-corrected chi connectivity index (χ2v) is 3.06. The van der Waals surface area contributed by atoms with E-state index < -0.39 is 0 Å². The largest absolute Gasteiger partial charge is 0.469 e. The highest BCUT2D eigenvalue weighted by molar-refractivity contribution is 14.1. The van der Waals surface area contributed by atoms with Gasteiger partial charge in [0.2, 0.25) is 0 Å². The topological polar surface area (TPSA) is 61.8 Å². The van der Waals surface area contributed by atoms with Gasteiger partial charge < -0.3 is 14.2 Å². The highest BCUT2D eigenvalue weighted by Gasteiger charge is 2.00. The van der Waals surface area contributed by atoms with Crippen LogP contribution < -0.4 is 0 Å². The van der Waals surface area contributed by atoms with Crippen molar-refractivity contribution in [2.24, 2.45) is 0 Å². The molecular formula is C8H13IO5. The van der Waals surface area contributed by atoms with Crippen molar-refractivity contribution in [3.8, 4) is 0 Å². The van der Waals surface area contributed by atoms with Gasteiger partial charge in [0, 0.05) is 0 Å². The lowest BCUT2D eigenvalue weighted by Gasteiger charge is -2.03. The molecule has 0 saturated heterocycles. The van der Waals surface area contributed by atoms with Gasteiger partial charge in [-0.25, -0.2) is 0 Å². The highest BCUT2D eigenvalue weighted by Crippen LogP contribution is 1.89. The van der Waals surface area contributed by atoms with Gasteiger partial charge in [-0.15, -0.1) is 0 Å². The number of alkyl halides is 1. The summed E-state index contributed by atoms with van der Waals surface area (Å²) >= 11 is 1.92. The first-order chi connectivity index (χ1) is 6.70. The average molecular weight is 316 g/mol. The van der Waals surface area contributed by atoms with E-state index >= 15 is 0 Å². The average Bonchev–Trinajstić information content (AvgIpc) is 2.22. The molecule has 0 heterocycles. The monoisotopic (exact) mass is 316 g/mol. The fraction of sp³-hybridized carbons (Fsp3) is 0.750. The molecule has 0 unspecified atom stereocenters. The predicted octanol–water partition coefficient (Wildman–Crippen LogP) is 0.544. The van der Waals surface area contributed by atoms with Crippen LogP contribution in [0.4, 0.5) is 0 Å². The van der Waals surface area contributed by atoms with Crippen LogP contribution in [0.1, 0.15) is 6.42 Å². The van der Waals surface area contributed by atoms with Crippen molar-refractivity contribution in [2.75, 3.05) is 31.4 Å². The van der Waals surface area contributed by atoms with E-state index in [1.165, 1.54) is 7.11 Å². The number of hydrogen-bond acceptors (Lipinski definition) is 5. The lowest BCUT2D eigenvalue weighted by molar-refractivity contribution is -0.144. The minimum Gasteiger partial charge on any atom is -0.469 e. The molecular weight excluding hydrogens is 303 g/mol. The predicted molar refractivity (Wildman–Crippen MR) is 57.3 cm³/mol. The van der Waals surface area contributed by atoms with Gasteiger partial charge in [0.15, 0.2) is 0 Å². The second-order valence-electron chi connectivity index (χ2n) is 2.29. The van der Waals surface area contributed by atoms with E-state index in [1.807, 2.05) is 22.6 Å². The summed E-state index contributed by atoms with van der Waals surface area (Å²) in [6.07, 6.45) is 0.219. The first kappa shape index (κ1) is 13.6. The summed E-state index contributed by atoms with van der Waals surface area (Å²) in [7, 11) is 1.32. The minimum absolute atomic E-state index is 0.219. The van der Waals surface area contributed by atoms with E-state index in [2.05, 4.69) is 4.74 Å². The van der Waals surface area contributed by atoms with Gasteiger partial charge >= 0.3 is 11.9 Å². The Hall–Kier alpha value is -0.370. The summed E-state index contributed by atoms with van der Waals surface area (Å²) in [5.74, 6) is -0.573. The van der Waals surface area contributed by atoms with Gasteiger partial charge in [-0.05, 0) is 0 Å². The summed E-state index contributed by atoms with van der Waals surface area (Å²) in [5.41, 5.74) is 0. The Kier molecular flexibility index (Phi) is 8.95. The van der Waals surface area contributed by atoms with Crippen LogP contribution in [-0.4, -0.2) is 43.3 Å². The summed E-state index contributed by atoms with van der Waals surface area (Å²) in [5, 5.41) is 0. The molecule has 0 aromatic carbocycles. The Balaban J connectivity index is 3.14. The van der Waals surface area contributed by atoms with Gasteiger partial charge in [0.05, 0.1) is 31.2 Å². The van der Waals surface area contributed by atoms with E-state index in [0.29, 0.717) is 11.0 Å². The highest BCUT2D eigenvalue weighted by atomic mass is 127. The summed E-state index contributed by atoms with van der Waals surface area (Å²) < 4.78 is 14.5. The molecule has 0 N–H and O–H groups in total. The van der Waals surface area contributed by atoms with Crippen molar-refractivity contribution in [3.63, 3.8) is 0 Å². The van der Waals surface area contributed by atoms with Crippen LogP contribution in [0, 0.1) is 0 Å². The number of methoxy groups -OCH3 is 1. The maximum atomic E-state index is 10.6. The van der Waals surface area contributed by atoms with Crippen molar-refractivity contribution in [3.05, 3.63) is 0 Å². The number of hydrogen-bond donors (Lipinski definition) is 0. The molecule has 5 nitrogen and oxygen atoms in total. The molecule has 0 radical (unpaired) electrons. The molecule has 0 bridgehead atoms. The number of rotatable bonds is 7. The van der Waals surface area contributed by atoms with Crippen molar-refractivity contribution in [1.29, 1.82) is 0 Å². The molecule has 0 aliphatic rings. The lowest BCUT2D eigenvalue weighted by atomic mass is 10.5. The van der Waals surface area contributed by atoms with Gasteiger partial charge in [-0.2, -0.15) is 0 Å². The van der Waals surface area contributed by atoms with E-state index in [4.69, 9.17) is 9.47 Å². The van der Waals surface area contributed by atoms with Crippen molar-refractivity contribution >= 4 is 34.5 Å². The number of ether oxygens (including phenoxy) is 3. The van der Waals surface area contributed by atoms with Gasteiger partial charge in [0.1, 0.15) is 6.61 Å². The molecule has 0 spiro atoms. The number of carbonyl (C=O) groups excluding carboxylic acids is 2. The molecule has 0 aliphatic heterocycles. The normalized spacial score (nSPS) is 9.57. The summed E-state index contributed by atoms with van der Waals surface area (Å²) in [6.45, 7) is 0.816. The molecule has 0 amide bonds. The van der Waals surface area contributed by atoms with Crippen molar-refractivity contribution in [2.45, 2.75) is 6.42 Å². The Labute approximate surface area is 96.2 Å². The van der Waals surface area contributed by atoms with E-state index in [-0.39, 0.29) is 31.6 Å². The summed E-state index contributed by atoms with van der Waals surface area (Å²) in [4.78, 5) is 21.3. The Morgan fingerprint density at radius 2 is 1.86 bits per heavy atom. The molecule has 6 heteroatoms. The SMILES string of the molecule is COC(=O)CCOCCOC(=O)CI. The quantitative estimate of drug-likeness (QED) is 0.297. The maximum absolute atomic E-state index is 10.6. The molecule has 0 aliphatic carbocycles. The van der Waals surface area contributed by atoms with E-state index in [9.17, 15) is 9.59 Å². The third kappa shape index (κ3) is 8.24. The number of carbonyl (C=O) groups is 2. The smallest absolute Gasteiger partial charge is 0.315 e. The first-order valence-electron chi connectivity index (χ1n) is 4.07. The molecule has 0 aromatic heterocycles. The standard InChI is InChI=1S/C8H13IO5/c1-12-7(10)2-3-13-4-5-14-8(11)6-9/h2-6H2,1H3. The molecule has 0 saturated carbocycles. The van der Waals surface area contributed by atoms with E-state index in [1.54, 1.807) is 0 Å². The second kappa shape index (κ2) is 9.20. The maximum Gasteiger partial charge on any atom is 0.315 e. The Morgan fingerprint density at radius 1 is 1.14 bits per heavy atom. The van der Waals surface area contributed by atoms with E-state index in [0.717, 1.165) is 0 Å². The zero-order valence-corrected chi connectivity index (χ0v) is 10.1. The van der Waals surface area contributed by atoms with Crippen LogP contribution >= 0.6 is 22.6 Å². The van der Waals surface area contributed by atoms with Crippen molar-refractivity contribution < 1.29 is 23.8 Å². The number of esters is 2. The molecule has 0 atom stereocenters. The zero-order valence-electron chi connectivity index (χ0n) is 7.95. The minimum atomic E-state index is -0.311. The van der Waals surface area contributed by atoms with Gasteiger partial charge in [0.25, 0.3) is 0 Å². The third-order valence-corrected chi connectivity index (χ3v) is 1.90. The summed E-state index contributed by atoms with van der Waals surface area (Å²) in [6, 6.07) is 0. The Bertz CT molecular complexity index is 163.